The summed E-state index contributed by atoms with van der Waals surface area (Å²) in [5.41, 5.74) is 0.0967. The second-order valence-electron chi connectivity index (χ2n) is 6.06. The lowest BCUT2D eigenvalue weighted by Gasteiger charge is -2.40. The van der Waals surface area contributed by atoms with Gasteiger partial charge in [-0.3, -0.25) is 0 Å². The average molecular weight is 286 g/mol. The van der Waals surface area contributed by atoms with Gasteiger partial charge in [-0.1, -0.05) is 26.7 Å². The zero-order valence-corrected chi connectivity index (χ0v) is 12.3. The summed E-state index contributed by atoms with van der Waals surface area (Å²) in [5, 5.41) is 12.2. The molecule has 0 spiro atoms. The first-order chi connectivity index (χ1) is 8.92. The minimum atomic E-state index is -0.914. The summed E-state index contributed by atoms with van der Waals surface area (Å²) < 4.78 is 0. The molecular formula is C13H22N2O3S. The first-order valence-corrected chi connectivity index (χ1v) is 7.95. The van der Waals surface area contributed by atoms with Gasteiger partial charge >= 0.3 is 12.0 Å². The molecule has 5 nitrogen and oxygen atoms in total. The van der Waals surface area contributed by atoms with Crippen molar-refractivity contribution >= 4 is 23.8 Å². The van der Waals surface area contributed by atoms with Crippen molar-refractivity contribution in [1.82, 2.24) is 10.2 Å². The topological polar surface area (TPSA) is 69.6 Å². The molecule has 0 aromatic heterocycles. The molecule has 0 radical (unpaired) electrons. The number of carboxylic acids is 1. The number of nitrogens with one attached hydrogen (secondary N) is 1. The Bertz CT molecular complexity index is 373. The molecule has 2 atom stereocenters. The fraction of sp³-hybridized carbons (Fsp3) is 0.846. The minimum Gasteiger partial charge on any atom is -0.480 e. The highest BCUT2D eigenvalue weighted by molar-refractivity contribution is 7.99. The maximum atomic E-state index is 12.3. The maximum Gasteiger partial charge on any atom is 0.327 e. The van der Waals surface area contributed by atoms with Crippen LogP contribution >= 0.6 is 11.8 Å². The summed E-state index contributed by atoms with van der Waals surface area (Å²) in [6.45, 7) is 4.34. The van der Waals surface area contributed by atoms with E-state index < -0.39 is 12.0 Å². The van der Waals surface area contributed by atoms with Gasteiger partial charge in [-0.15, -0.1) is 11.8 Å². The molecule has 1 aliphatic carbocycles. The van der Waals surface area contributed by atoms with Crippen LogP contribution in [0, 0.1) is 5.41 Å². The van der Waals surface area contributed by atoms with Crippen LogP contribution in [0.15, 0.2) is 0 Å². The van der Waals surface area contributed by atoms with E-state index in [1.54, 1.807) is 0 Å². The number of thioether (sulfide) groups is 1. The first-order valence-electron chi connectivity index (χ1n) is 6.79. The third kappa shape index (κ3) is 3.16. The lowest BCUT2D eigenvalue weighted by molar-refractivity contribution is -0.140. The Morgan fingerprint density at radius 1 is 1.37 bits per heavy atom. The van der Waals surface area contributed by atoms with E-state index in [-0.39, 0.29) is 17.5 Å². The van der Waals surface area contributed by atoms with Gasteiger partial charge in [0.1, 0.15) is 6.04 Å². The molecule has 1 aliphatic heterocycles. The molecule has 0 aromatic rings. The van der Waals surface area contributed by atoms with Crippen LogP contribution in [-0.2, 0) is 4.79 Å². The first kappa shape index (κ1) is 14.5. The Morgan fingerprint density at radius 3 is 2.74 bits per heavy atom. The van der Waals surface area contributed by atoms with E-state index in [9.17, 15) is 9.59 Å². The zero-order valence-electron chi connectivity index (χ0n) is 11.5. The van der Waals surface area contributed by atoms with E-state index in [1.807, 2.05) is 0 Å². The predicted octanol–water partition coefficient (Wildman–Crippen LogP) is 2.12. The van der Waals surface area contributed by atoms with Gasteiger partial charge in [-0.2, -0.15) is 0 Å². The number of carbonyl (C=O) groups is 2. The zero-order chi connectivity index (χ0) is 14.0. The van der Waals surface area contributed by atoms with Gasteiger partial charge in [0.25, 0.3) is 0 Å². The van der Waals surface area contributed by atoms with Crippen LogP contribution in [-0.4, -0.2) is 45.7 Å². The second-order valence-corrected chi connectivity index (χ2v) is 7.06. The highest BCUT2D eigenvalue weighted by atomic mass is 32.2. The molecule has 2 unspecified atom stereocenters. The van der Waals surface area contributed by atoms with Gasteiger partial charge in [-0.05, 0) is 18.3 Å². The monoisotopic (exact) mass is 286 g/mol. The van der Waals surface area contributed by atoms with Crippen molar-refractivity contribution in [3.8, 4) is 0 Å². The van der Waals surface area contributed by atoms with Crippen LogP contribution in [0.5, 0.6) is 0 Å². The number of nitrogens with zero attached hydrogens (tertiary/aromatic N) is 1. The lowest BCUT2D eigenvalue weighted by atomic mass is 9.73. The van der Waals surface area contributed by atoms with E-state index in [2.05, 4.69) is 19.2 Å². The maximum absolute atomic E-state index is 12.3. The summed E-state index contributed by atoms with van der Waals surface area (Å²) in [5.74, 6) is 0.0373. The molecule has 1 saturated carbocycles. The Labute approximate surface area is 118 Å². The molecule has 1 heterocycles. The van der Waals surface area contributed by atoms with Crippen molar-refractivity contribution in [2.45, 2.75) is 51.6 Å². The van der Waals surface area contributed by atoms with Gasteiger partial charge in [0, 0.05) is 11.8 Å². The SMILES string of the molecule is CC1(C)CCCCC1NC(=O)N1CSCC1C(=O)O. The number of rotatable bonds is 2. The van der Waals surface area contributed by atoms with Crippen molar-refractivity contribution in [2.24, 2.45) is 5.41 Å². The molecule has 0 aromatic carbocycles. The summed E-state index contributed by atoms with van der Waals surface area (Å²) in [6.07, 6.45) is 4.43. The van der Waals surface area contributed by atoms with Crippen LogP contribution in [0.25, 0.3) is 0 Å². The van der Waals surface area contributed by atoms with Gasteiger partial charge in [0.15, 0.2) is 0 Å². The van der Waals surface area contributed by atoms with E-state index in [0.717, 1.165) is 19.3 Å². The van der Waals surface area contributed by atoms with Crippen LogP contribution in [0.3, 0.4) is 0 Å². The third-order valence-corrected chi connectivity index (χ3v) is 5.25. The Morgan fingerprint density at radius 2 is 2.11 bits per heavy atom. The van der Waals surface area contributed by atoms with Gasteiger partial charge in [0.2, 0.25) is 0 Å². The Balaban J connectivity index is 1.98. The summed E-state index contributed by atoms with van der Waals surface area (Å²) in [4.78, 5) is 24.8. The van der Waals surface area contributed by atoms with Crippen LogP contribution in [0.4, 0.5) is 4.79 Å². The van der Waals surface area contributed by atoms with Gasteiger partial charge in [-0.25, -0.2) is 9.59 Å². The van der Waals surface area contributed by atoms with Crippen molar-refractivity contribution in [1.29, 1.82) is 0 Å². The van der Waals surface area contributed by atoms with Crippen molar-refractivity contribution in [3.05, 3.63) is 0 Å². The number of amides is 2. The van der Waals surface area contributed by atoms with E-state index >= 15 is 0 Å². The summed E-state index contributed by atoms with van der Waals surface area (Å²) >= 11 is 1.49. The molecule has 2 N–H and O–H groups in total. The molecule has 0 bridgehead atoms. The van der Waals surface area contributed by atoms with Crippen molar-refractivity contribution in [2.75, 3.05) is 11.6 Å². The van der Waals surface area contributed by atoms with Gasteiger partial charge in [0.05, 0.1) is 5.88 Å². The van der Waals surface area contributed by atoms with Crippen molar-refractivity contribution in [3.63, 3.8) is 0 Å². The predicted molar refractivity (Wildman–Crippen MR) is 75.2 cm³/mol. The van der Waals surface area contributed by atoms with Crippen LogP contribution in [0.1, 0.15) is 39.5 Å². The molecule has 1 saturated heterocycles. The number of carboxylic acid groups (broad SMARTS) is 1. The Kier molecular flexibility index (Phi) is 4.28. The highest BCUT2D eigenvalue weighted by Crippen LogP contribution is 2.35. The smallest absolute Gasteiger partial charge is 0.327 e. The van der Waals surface area contributed by atoms with Gasteiger partial charge < -0.3 is 15.3 Å². The average Bonchev–Trinajstić information content (AvgIpc) is 2.80. The third-order valence-electron chi connectivity index (χ3n) is 4.23. The fourth-order valence-electron chi connectivity index (χ4n) is 2.84. The molecule has 2 fully saturated rings. The number of urea groups is 1. The largest absolute Gasteiger partial charge is 0.480 e. The molecule has 108 valence electrons. The quantitative estimate of drug-likeness (QED) is 0.816. The summed E-state index contributed by atoms with van der Waals surface area (Å²) in [7, 11) is 0. The second kappa shape index (κ2) is 5.61. The number of aliphatic carboxylic acids is 1. The standard InChI is InChI=1S/C13H22N2O3S/c1-13(2)6-4-3-5-10(13)14-12(18)15-8-19-7-9(15)11(16)17/h9-10H,3-8H2,1-2H3,(H,14,18)(H,16,17). The van der Waals surface area contributed by atoms with Crippen LogP contribution in [0.2, 0.25) is 0 Å². The molecule has 2 rings (SSSR count). The van der Waals surface area contributed by atoms with E-state index in [4.69, 9.17) is 5.11 Å². The van der Waals surface area contributed by atoms with Crippen LogP contribution < -0.4 is 5.32 Å². The molecule has 2 aliphatic rings. The van der Waals surface area contributed by atoms with E-state index in [0.29, 0.717) is 11.6 Å². The van der Waals surface area contributed by atoms with E-state index in [1.165, 1.54) is 23.1 Å². The molecule has 2 amide bonds. The van der Waals surface area contributed by atoms with Crippen molar-refractivity contribution < 1.29 is 14.7 Å². The highest BCUT2D eigenvalue weighted by Gasteiger charge is 2.38. The molecule has 6 heteroatoms. The summed E-state index contributed by atoms with van der Waals surface area (Å²) in [6, 6.07) is -0.761. The molecular weight excluding hydrogens is 264 g/mol. The molecule has 19 heavy (non-hydrogen) atoms. The fourth-order valence-corrected chi connectivity index (χ4v) is 3.99. The number of carbonyl (C=O) groups excluding carboxylic acids is 1. The normalized spacial score (nSPS) is 30.1. The minimum absolute atomic E-state index is 0.0967. The number of hydrogen-bond acceptors (Lipinski definition) is 3. The Hall–Kier alpha value is -0.910. The number of hydrogen-bond donors (Lipinski definition) is 2. The lowest BCUT2D eigenvalue weighted by Crippen LogP contribution is -2.54.